The van der Waals surface area contributed by atoms with Crippen molar-refractivity contribution in [1.82, 2.24) is 29.9 Å². The SMILES string of the molecule is CNc1ncc(S(=O)(=O)NC(C)c2ncn[nH]2)cn1. The number of nitrogens with zero attached hydrogens (tertiary/aromatic N) is 4. The first-order valence-corrected chi connectivity index (χ1v) is 6.88. The highest BCUT2D eigenvalue weighted by Gasteiger charge is 2.20. The topological polar surface area (TPSA) is 126 Å². The Morgan fingerprint density at radius 2 is 1.95 bits per heavy atom. The molecule has 102 valence electrons. The maximum absolute atomic E-state index is 12.1. The number of hydrogen-bond donors (Lipinski definition) is 3. The minimum atomic E-state index is -3.70. The standard InChI is InChI=1S/C9H13N7O2S/c1-6(8-13-5-14-15-8)16-19(17,18)7-3-11-9(10-2)12-4-7/h3-6,16H,1-2H3,(H,10,11,12)(H,13,14,15). The Morgan fingerprint density at radius 3 is 2.47 bits per heavy atom. The van der Waals surface area contributed by atoms with Crippen LogP contribution in [0.3, 0.4) is 0 Å². The van der Waals surface area contributed by atoms with Crippen molar-refractivity contribution < 1.29 is 8.42 Å². The highest BCUT2D eigenvalue weighted by molar-refractivity contribution is 7.89. The lowest BCUT2D eigenvalue weighted by Crippen LogP contribution is -2.27. The van der Waals surface area contributed by atoms with Crippen molar-refractivity contribution in [1.29, 1.82) is 0 Å². The van der Waals surface area contributed by atoms with Gasteiger partial charge in [-0.1, -0.05) is 0 Å². The quantitative estimate of drug-likeness (QED) is 0.686. The predicted octanol–water partition coefficient (Wildman–Crippen LogP) is -0.324. The molecule has 2 aromatic heterocycles. The second-order valence-electron chi connectivity index (χ2n) is 3.71. The van der Waals surface area contributed by atoms with E-state index in [-0.39, 0.29) is 4.90 Å². The van der Waals surface area contributed by atoms with Gasteiger partial charge in [-0.15, -0.1) is 0 Å². The summed E-state index contributed by atoms with van der Waals surface area (Å²) >= 11 is 0. The van der Waals surface area contributed by atoms with Crippen LogP contribution in [0.15, 0.2) is 23.6 Å². The van der Waals surface area contributed by atoms with Gasteiger partial charge in [0.2, 0.25) is 16.0 Å². The van der Waals surface area contributed by atoms with Crippen molar-refractivity contribution in [2.75, 3.05) is 12.4 Å². The zero-order valence-corrected chi connectivity index (χ0v) is 11.1. The molecule has 10 heteroatoms. The van der Waals surface area contributed by atoms with Gasteiger partial charge in [-0.3, -0.25) is 5.10 Å². The summed E-state index contributed by atoms with van der Waals surface area (Å²) in [7, 11) is -2.05. The molecule has 0 fully saturated rings. The van der Waals surface area contributed by atoms with E-state index in [2.05, 4.69) is 35.2 Å². The van der Waals surface area contributed by atoms with Crippen LogP contribution in [0, 0.1) is 0 Å². The number of H-pyrrole nitrogens is 1. The number of aromatic amines is 1. The second-order valence-corrected chi connectivity index (χ2v) is 5.42. The van der Waals surface area contributed by atoms with Crippen LogP contribution in [-0.2, 0) is 10.0 Å². The van der Waals surface area contributed by atoms with Crippen molar-refractivity contribution in [2.45, 2.75) is 17.9 Å². The van der Waals surface area contributed by atoms with Crippen molar-refractivity contribution >= 4 is 16.0 Å². The van der Waals surface area contributed by atoms with Gasteiger partial charge in [0.05, 0.1) is 18.4 Å². The molecule has 9 nitrogen and oxygen atoms in total. The van der Waals surface area contributed by atoms with Crippen molar-refractivity contribution in [3.63, 3.8) is 0 Å². The molecule has 0 aromatic carbocycles. The lowest BCUT2D eigenvalue weighted by molar-refractivity contribution is 0.559. The van der Waals surface area contributed by atoms with Gasteiger partial charge < -0.3 is 5.32 Å². The Labute approximate surface area is 110 Å². The van der Waals surface area contributed by atoms with Crippen molar-refractivity contribution in [3.05, 3.63) is 24.5 Å². The summed E-state index contributed by atoms with van der Waals surface area (Å²) in [4.78, 5) is 11.6. The van der Waals surface area contributed by atoms with E-state index in [1.807, 2.05) is 0 Å². The summed E-state index contributed by atoms with van der Waals surface area (Å²) in [6.45, 7) is 1.65. The van der Waals surface area contributed by atoms with Crippen LogP contribution < -0.4 is 10.0 Å². The van der Waals surface area contributed by atoms with E-state index < -0.39 is 16.1 Å². The number of nitrogens with one attached hydrogen (secondary N) is 3. The summed E-state index contributed by atoms with van der Waals surface area (Å²) in [6.07, 6.45) is 3.77. The fourth-order valence-electron chi connectivity index (χ4n) is 1.36. The molecule has 0 aliphatic rings. The molecule has 1 unspecified atom stereocenters. The lowest BCUT2D eigenvalue weighted by atomic mass is 10.3. The fourth-order valence-corrected chi connectivity index (χ4v) is 2.46. The molecule has 2 heterocycles. The summed E-state index contributed by atoms with van der Waals surface area (Å²) in [5.41, 5.74) is 0. The molecule has 0 bridgehead atoms. The van der Waals surface area contributed by atoms with Crippen LogP contribution in [0.4, 0.5) is 5.95 Å². The van der Waals surface area contributed by atoms with E-state index in [9.17, 15) is 8.42 Å². The third kappa shape index (κ3) is 3.03. The van der Waals surface area contributed by atoms with E-state index in [0.29, 0.717) is 11.8 Å². The van der Waals surface area contributed by atoms with Crippen LogP contribution in [0.25, 0.3) is 0 Å². The van der Waals surface area contributed by atoms with E-state index in [1.54, 1.807) is 14.0 Å². The van der Waals surface area contributed by atoms with Crippen molar-refractivity contribution in [3.8, 4) is 0 Å². The number of rotatable bonds is 5. The number of sulfonamides is 1. The van der Waals surface area contributed by atoms with Crippen LogP contribution in [0.1, 0.15) is 18.8 Å². The fraction of sp³-hybridized carbons (Fsp3) is 0.333. The van der Waals surface area contributed by atoms with Crippen molar-refractivity contribution in [2.24, 2.45) is 0 Å². The van der Waals surface area contributed by atoms with Gasteiger partial charge in [0.15, 0.2) is 0 Å². The molecule has 0 aliphatic carbocycles. The van der Waals surface area contributed by atoms with Gasteiger partial charge in [0.1, 0.15) is 17.0 Å². The largest absolute Gasteiger partial charge is 0.357 e. The maximum atomic E-state index is 12.1. The zero-order chi connectivity index (χ0) is 13.9. The summed E-state index contributed by atoms with van der Waals surface area (Å²) in [5, 5.41) is 8.97. The average molecular weight is 283 g/mol. The lowest BCUT2D eigenvalue weighted by Gasteiger charge is -2.11. The highest BCUT2D eigenvalue weighted by Crippen LogP contribution is 2.12. The highest BCUT2D eigenvalue weighted by atomic mass is 32.2. The minimum absolute atomic E-state index is 0.0159. The second kappa shape index (κ2) is 5.28. The molecule has 0 radical (unpaired) electrons. The van der Waals surface area contributed by atoms with Crippen LogP contribution in [0.5, 0.6) is 0 Å². The first kappa shape index (κ1) is 13.4. The first-order valence-electron chi connectivity index (χ1n) is 5.40. The molecule has 19 heavy (non-hydrogen) atoms. The van der Waals surface area contributed by atoms with E-state index in [4.69, 9.17) is 0 Å². The van der Waals surface area contributed by atoms with E-state index in [0.717, 1.165) is 0 Å². The third-order valence-electron chi connectivity index (χ3n) is 2.34. The molecule has 0 saturated carbocycles. The summed E-state index contributed by atoms with van der Waals surface area (Å²) < 4.78 is 26.6. The monoisotopic (exact) mass is 283 g/mol. The normalized spacial score (nSPS) is 13.2. The first-order chi connectivity index (χ1) is 9.03. The van der Waals surface area contributed by atoms with Crippen LogP contribution in [-0.4, -0.2) is 40.6 Å². The number of anilines is 1. The Kier molecular flexibility index (Phi) is 3.71. The predicted molar refractivity (Wildman–Crippen MR) is 66.7 cm³/mol. The van der Waals surface area contributed by atoms with Gasteiger partial charge >= 0.3 is 0 Å². The molecular weight excluding hydrogens is 270 g/mol. The van der Waals surface area contributed by atoms with Gasteiger partial charge in [0.25, 0.3) is 0 Å². The maximum Gasteiger partial charge on any atom is 0.244 e. The molecule has 0 aliphatic heterocycles. The van der Waals surface area contributed by atoms with Gasteiger partial charge in [-0.25, -0.2) is 28.1 Å². The third-order valence-corrected chi connectivity index (χ3v) is 3.83. The zero-order valence-electron chi connectivity index (χ0n) is 10.3. The molecule has 0 spiro atoms. The van der Waals surface area contributed by atoms with E-state index >= 15 is 0 Å². The summed E-state index contributed by atoms with van der Waals surface area (Å²) in [5.74, 6) is 0.776. The minimum Gasteiger partial charge on any atom is -0.357 e. The molecule has 1 atom stereocenters. The van der Waals surface area contributed by atoms with Gasteiger partial charge in [0, 0.05) is 7.05 Å². The van der Waals surface area contributed by atoms with Crippen LogP contribution in [0.2, 0.25) is 0 Å². The Balaban J connectivity index is 2.17. The smallest absolute Gasteiger partial charge is 0.244 e. The Morgan fingerprint density at radius 1 is 1.26 bits per heavy atom. The van der Waals surface area contributed by atoms with Gasteiger partial charge in [-0.2, -0.15) is 5.10 Å². The Hall–Kier alpha value is -2.07. The van der Waals surface area contributed by atoms with Gasteiger partial charge in [-0.05, 0) is 6.92 Å². The summed E-state index contributed by atoms with van der Waals surface area (Å²) in [6, 6.07) is -0.531. The molecule has 3 N–H and O–H groups in total. The number of hydrogen-bond acceptors (Lipinski definition) is 7. The molecular formula is C9H13N7O2S. The molecule has 0 saturated heterocycles. The van der Waals surface area contributed by atoms with E-state index in [1.165, 1.54) is 18.7 Å². The molecule has 2 aromatic rings. The van der Waals surface area contributed by atoms with Crippen LogP contribution >= 0.6 is 0 Å². The molecule has 2 rings (SSSR count). The average Bonchev–Trinajstić information content (AvgIpc) is 2.92. The number of aromatic nitrogens is 5. The Bertz CT molecular complexity index is 623. The molecule has 0 amide bonds.